The Morgan fingerprint density at radius 1 is 1.15 bits per heavy atom. The van der Waals surface area contributed by atoms with Crippen LogP contribution in [0.1, 0.15) is 5.56 Å². The topological polar surface area (TPSA) is 118 Å². The molecule has 0 aliphatic rings. The van der Waals surface area contributed by atoms with Crippen LogP contribution in [0, 0.1) is 6.92 Å². The van der Waals surface area contributed by atoms with Crippen LogP contribution < -0.4 is 21.1 Å². The summed E-state index contributed by atoms with van der Waals surface area (Å²) in [7, 11) is 1.56. The number of methoxy groups -OCH3 is 1. The van der Waals surface area contributed by atoms with Crippen LogP contribution in [0.25, 0.3) is 11.1 Å². The van der Waals surface area contributed by atoms with Gasteiger partial charge in [-0.3, -0.25) is 4.98 Å². The Kier molecular flexibility index (Phi) is 4.17. The molecular formula is C18H16N6O3. The van der Waals surface area contributed by atoms with Crippen molar-refractivity contribution in [2.24, 2.45) is 0 Å². The number of oxazole rings is 1. The molecule has 3 heterocycles. The second-order valence-corrected chi connectivity index (χ2v) is 5.77. The fourth-order valence-electron chi connectivity index (χ4n) is 2.51. The number of aryl methyl sites for hydroxylation is 1. The summed E-state index contributed by atoms with van der Waals surface area (Å²) in [6, 6.07) is 10.7. The number of anilines is 4. The van der Waals surface area contributed by atoms with E-state index < -0.39 is 5.76 Å². The molecule has 0 atom stereocenters. The van der Waals surface area contributed by atoms with Gasteiger partial charge in [0.15, 0.2) is 5.58 Å². The molecule has 9 nitrogen and oxygen atoms in total. The zero-order chi connectivity index (χ0) is 18.8. The maximum Gasteiger partial charge on any atom is 0.417 e. The number of benzene rings is 1. The Morgan fingerprint density at radius 2 is 2.04 bits per heavy atom. The highest BCUT2D eigenvalue weighted by molar-refractivity contribution is 5.78. The molecule has 9 heteroatoms. The third kappa shape index (κ3) is 3.56. The number of hydrogen-bond acceptors (Lipinski definition) is 8. The molecule has 27 heavy (non-hydrogen) atoms. The number of aromatic nitrogens is 4. The van der Waals surface area contributed by atoms with Crippen LogP contribution in [0.4, 0.5) is 23.3 Å². The van der Waals surface area contributed by atoms with E-state index in [1.165, 1.54) is 0 Å². The minimum atomic E-state index is -0.488. The first-order valence-corrected chi connectivity index (χ1v) is 8.12. The summed E-state index contributed by atoms with van der Waals surface area (Å²) in [4.78, 5) is 27.0. The van der Waals surface area contributed by atoms with E-state index in [9.17, 15) is 4.79 Å². The summed E-state index contributed by atoms with van der Waals surface area (Å²) < 4.78 is 10.1. The first kappa shape index (κ1) is 16.6. The Labute approximate surface area is 153 Å². The molecule has 3 aromatic heterocycles. The lowest BCUT2D eigenvalue weighted by Crippen LogP contribution is -2.04. The van der Waals surface area contributed by atoms with Gasteiger partial charge in [0.1, 0.15) is 11.6 Å². The molecule has 0 unspecified atom stereocenters. The van der Waals surface area contributed by atoms with E-state index in [0.717, 1.165) is 11.3 Å². The van der Waals surface area contributed by atoms with E-state index in [1.54, 1.807) is 43.6 Å². The summed E-state index contributed by atoms with van der Waals surface area (Å²) in [6.07, 6.45) is 1.70. The Morgan fingerprint density at radius 3 is 2.89 bits per heavy atom. The van der Waals surface area contributed by atoms with Crippen molar-refractivity contribution in [1.82, 2.24) is 19.9 Å². The normalized spacial score (nSPS) is 10.7. The van der Waals surface area contributed by atoms with E-state index in [2.05, 4.69) is 30.6 Å². The quantitative estimate of drug-likeness (QED) is 0.494. The first-order valence-electron chi connectivity index (χ1n) is 8.12. The van der Waals surface area contributed by atoms with Crippen molar-refractivity contribution in [1.29, 1.82) is 0 Å². The third-order valence-corrected chi connectivity index (χ3v) is 3.83. The second kappa shape index (κ2) is 6.79. The van der Waals surface area contributed by atoms with E-state index in [-0.39, 0.29) is 0 Å². The molecule has 0 bridgehead atoms. The standard InChI is InChI=1S/C18H16N6O3/c1-10-9-19-17(23-14-4-3-5-15(22-14)26-2)24-16(10)20-11-6-7-13-12(8-11)21-18(25)27-13/h3-9H,1-2H3,(H,21,25)(H2,19,20,22,23,24). The average molecular weight is 364 g/mol. The molecular weight excluding hydrogens is 348 g/mol. The average Bonchev–Trinajstić information content (AvgIpc) is 3.04. The molecule has 136 valence electrons. The van der Waals surface area contributed by atoms with E-state index in [1.807, 2.05) is 13.0 Å². The van der Waals surface area contributed by atoms with Crippen molar-refractivity contribution >= 4 is 34.4 Å². The van der Waals surface area contributed by atoms with Crippen molar-refractivity contribution in [3.63, 3.8) is 0 Å². The molecule has 0 aliphatic heterocycles. The van der Waals surface area contributed by atoms with Crippen LogP contribution in [0.3, 0.4) is 0 Å². The number of nitrogens with one attached hydrogen (secondary N) is 3. The zero-order valence-corrected chi connectivity index (χ0v) is 14.6. The van der Waals surface area contributed by atoms with Gasteiger partial charge in [-0.05, 0) is 31.2 Å². The number of H-pyrrole nitrogens is 1. The molecule has 0 saturated heterocycles. The fraction of sp³-hybridized carbons (Fsp3) is 0.111. The van der Waals surface area contributed by atoms with Gasteiger partial charge in [-0.25, -0.2) is 9.78 Å². The zero-order valence-electron chi connectivity index (χ0n) is 14.6. The highest BCUT2D eigenvalue weighted by Gasteiger charge is 2.08. The van der Waals surface area contributed by atoms with Gasteiger partial charge in [-0.1, -0.05) is 6.07 Å². The molecule has 0 saturated carbocycles. The lowest BCUT2D eigenvalue weighted by molar-refractivity contribution is 0.398. The highest BCUT2D eigenvalue weighted by Crippen LogP contribution is 2.23. The number of pyridine rings is 1. The minimum absolute atomic E-state index is 0.390. The third-order valence-electron chi connectivity index (χ3n) is 3.83. The number of rotatable bonds is 5. The predicted octanol–water partition coefficient (Wildman–Crippen LogP) is 3.11. The molecule has 0 radical (unpaired) electrons. The molecule has 4 aromatic rings. The monoisotopic (exact) mass is 364 g/mol. The predicted molar refractivity (Wildman–Crippen MR) is 101 cm³/mol. The lowest BCUT2D eigenvalue weighted by Gasteiger charge is -2.11. The number of aromatic amines is 1. The van der Waals surface area contributed by atoms with Gasteiger partial charge in [0.2, 0.25) is 11.8 Å². The van der Waals surface area contributed by atoms with Gasteiger partial charge in [0, 0.05) is 23.5 Å². The number of nitrogens with zero attached hydrogens (tertiary/aromatic N) is 3. The number of hydrogen-bond donors (Lipinski definition) is 3. The van der Waals surface area contributed by atoms with E-state index >= 15 is 0 Å². The minimum Gasteiger partial charge on any atom is -0.481 e. The Bertz CT molecular complexity index is 1170. The van der Waals surface area contributed by atoms with Gasteiger partial charge >= 0.3 is 5.76 Å². The van der Waals surface area contributed by atoms with Crippen LogP contribution >= 0.6 is 0 Å². The summed E-state index contributed by atoms with van der Waals surface area (Å²) in [6.45, 7) is 1.90. The molecule has 4 rings (SSSR count). The molecule has 0 aliphatic carbocycles. The fourth-order valence-corrected chi connectivity index (χ4v) is 2.51. The largest absolute Gasteiger partial charge is 0.481 e. The molecule has 0 fully saturated rings. The summed E-state index contributed by atoms with van der Waals surface area (Å²) in [5.41, 5.74) is 2.72. The second-order valence-electron chi connectivity index (χ2n) is 5.77. The van der Waals surface area contributed by atoms with Crippen LogP contribution in [-0.4, -0.2) is 27.0 Å². The van der Waals surface area contributed by atoms with Crippen molar-refractivity contribution in [2.75, 3.05) is 17.7 Å². The smallest absolute Gasteiger partial charge is 0.417 e. The first-order chi connectivity index (χ1) is 13.1. The molecule has 0 spiro atoms. The number of ether oxygens (including phenoxy) is 1. The van der Waals surface area contributed by atoms with Gasteiger partial charge in [0.25, 0.3) is 0 Å². The van der Waals surface area contributed by atoms with E-state index in [0.29, 0.717) is 34.6 Å². The molecule has 1 aromatic carbocycles. The molecule has 0 amide bonds. The summed E-state index contributed by atoms with van der Waals surface area (Å²) >= 11 is 0. The van der Waals surface area contributed by atoms with Crippen LogP contribution in [0.5, 0.6) is 5.88 Å². The Balaban J connectivity index is 1.60. The highest BCUT2D eigenvalue weighted by atomic mass is 16.5. The van der Waals surface area contributed by atoms with Crippen molar-refractivity contribution in [3.8, 4) is 5.88 Å². The van der Waals surface area contributed by atoms with Gasteiger partial charge in [-0.15, -0.1) is 0 Å². The lowest BCUT2D eigenvalue weighted by atomic mass is 10.2. The SMILES string of the molecule is COc1cccc(Nc2ncc(C)c(Nc3ccc4oc(=O)[nH]c4c3)n2)n1. The van der Waals surface area contributed by atoms with Gasteiger partial charge in [0.05, 0.1) is 12.6 Å². The van der Waals surface area contributed by atoms with Crippen LogP contribution in [0.15, 0.2) is 51.8 Å². The van der Waals surface area contributed by atoms with Crippen molar-refractivity contribution in [3.05, 3.63) is 58.7 Å². The van der Waals surface area contributed by atoms with Crippen molar-refractivity contribution in [2.45, 2.75) is 6.92 Å². The molecule has 3 N–H and O–H groups in total. The summed E-state index contributed by atoms with van der Waals surface area (Å²) in [5.74, 6) is 1.59. The van der Waals surface area contributed by atoms with Gasteiger partial charge in [-0.2, -0.15) is 9.97 Å². The van der Waals surface area contributed by atoms with E-state index in [4.69, 9.17) is 9.15 Å². The van der Waals surface area contributed by atoms with Crippen LogP contribution in [-0.2, 0) is 0 Å². The van der Waals surface area contributed by atoms with Crippen molar-refractivity contribution < 1.29 is 9.15 Å². The number of fused-ring (bicyclic) bond motifs is 1. The van der Waals surface area contributed by atoms with Gasteiger partial charge < -0.3 is 19.8 Å². The summed E-state index contributed by atoms with van der Waals surface area (Å²) in [5, 5.41) is 6.27. The maximum absolute atomic E-state index is 11.3. The Hall–Kier alpha value is -3.88. The maximum atomic E-state index is 11.3. The van der Waals surface area contributed by atoms with Crippen LogP contribution in [0.2, 0.25) is 0 Å².